The summed E-state index contributed by atoms with van der Waals surface area (Å²) in [6.45, 7) is -3.07. The van der Waals surface area contributed by atoms with Crippen molar-refractivity contribution in [2.24, 2.45) is 0 Å². The Morgan fingerprint density at radius 3 is 2.58 bits per heavy atom. The Bertz CT molecular complexity index is 907. The second-order valence-corrected chi connectivity index (χ2v) is 7.28. The van der Waals surface area contributed by atoms with Gasteiger partial charge in [-0.1, -0.05) is 29.8 Å². The van der Waals surface area contributed by atoms with Crippen LogP contribution in [0.2, 0.25) is 5.02 Å². The third kappa shape index (κ3) is 4.90. The van der Waals surface area contributed by atoms with Gasteiger partial charge in [0.25, 0.3) is 5.91 Å². The van der Waals surface area contributed by atoms with E-state index in [1.807, 2.05) is 0 Å². The van der Waals surface area contributed by atoms with Crippen LogP contribution in [0, 0.1) is 0 Å². The van der Waals surface area contributed by atoms with E-state index in [2.05, 4.69) is 14.8 Å². The molecular formula is C16H15ClF2N2O4S. The Morgan fingerprint density at radius 2 is 1.92 bits per heavy atom. The first-order valence-electron chi connectivity index (χ1n) is 7.28. The molecule has 10 heteroatoms. The number of hydrogen-bond acceptors (Lipinski definition) is 4. The fraction of sp³-hybridized carbons (Fsp3) is 0.188. The second kappa shape index (κ2) is 8.43. The molecule has 140 valence electrons. The monoisotopic (exact) mass is 404 g/mol. The van der Waals surface area contributed by atoms with Crippen molar-refractivity contribution in [2.45, 2.75) is 18.1 Å². The van der Waals surface area contributed by atoms with Crippen molar-refractivity contribution >= 4 is 27.5 Å². The molecule has 0 atom stereocenters. The predicted molar refractivity (Wildman–Crippen MR) is 91.9 cm³/mol. The van der Waals surface area contributed by atoms with Crippen LogP contribution in [0.4, 0.5) is 8.78 Å². The summed E-state index contributed by atoms with van der Waals surface area (Å²) < 4.78 is 55.1. The molecule has 2 aromatic rings. The van der Waals surface area contributed by atoms with Gasteiger partial charge in [-0.15, -0.1) is 0 Å². The number of alkyl halides is 2. The fourth-order valence-corrected chi connectivity index (χ4v) is 3.35. The molecule has 2 aromatic carbocycles. The first-order chi connectivity index (χ1) is 12.2. The van der Waals surface area contributed by atoms with Gasteiger partial charge < -0.3 is 10.1 Å². The van der Waals surface area contributed by atoms with Crippen LogP contribution in [0.25, 0.3) is 0 Å². The number of ether oxygens (including phenoxy) is 1. The van der Waals surface area contributed by atoms with Crippen LogP contribution >= 0.6 is 11.6 Å². The van der Waals surface area contributed by atoms with Crippen LogP contribution in [0.3, 0.4) is 0 Å². The summed E-state index contributed by atoms with van der Waals surface area (Å²) in [7, 11) is -2.62. The number of sulfonamides is 1. The average Bonchev–Trinajstić information content (AvgIpc) is 2.60. The molecule has 0 aliphatic carbocycles. The van der Waals surface area contributed by atoms with E-state index in [-0.39, 0.29) is 27.8 Å². The van der Waals surface area contributed by atoms with Crippen LogP contribution in [0.1, 0.15) is 15.9 Å². The van der Waals surface area contributed by atoms with E-state index in [1.54, 1.807) is 6.07 Å². The van der Waals surface area contributed by atoms with E-state index in [4.69, 9.17) is 11.6 Å². The third-order valence-electron chi connectivity index (χ3n) is 3.38. The lowest BCUT2D eigenvalue weighted by Crippen LogP contribution is -2.24. The molecule has 0 aliphatic rings. The summed E-state index contributed by atoms with van der Waals surface area (Å²) in [5.41, 5.74) is 0.397. The Kier molecular flexibility index (Phi) is 6.52. The summed E-state index contributed by atoms with van der Waals surface area (Å²) in [6, 6.07) is 9.79. The molecule has 26 heavy (non-hydrogen) atoms. The molecule has 0 fully saturated rings. The number of carbonyl (C=O) groups excluding carboxylic acids is 1. The van der Waals surface area contributed by atoms with Gasteiger partial charge in [-0.25, -0.2) is 13.1 Å². The maximum Gasteiger partial charge on any atom is 0.387 e. The molecule has 0 saturated heterocycles. The first-order valence-corrected chi connectivity index (χ1v) is 9.14. The minimum Gasteiger partial charge on any atom is -0.434 e. The molecule has 0 saturated carbocycles. The van der Waals surface area contributed by atoms with Crippen molar-refractivity contribution in [3.8, 4) is 5.75 Å². The highest BCUT2D eigenvalue weighted by Gasteiger charge is 2.19. The quantitative estimate of drug-likeness (QED) is 0.743. The van der Waals surface area contributed by atoms with Gasteiger partial charge in [0.15, 0.2) is 0 Å². The van der Waals surface area contributed by atoms with Gasteiger partial charge in [-0.3, -0.25) is 4.79 Å². The van der Waals surface area contributed by atoms with E-state index in [0.29, 0.717) is 5.56 Å². The summed E-state index contributed by atoms with van der Waals surface area (Å²) in [4.78, 5) is 12.0. The Balaban J connectivity index is 2.18. The Labute approximate surface area is 154 Å². The third-order valence-corrected chi connectivity index (χ3v) is 5.28. The zero-order valence-corrected chi connectivity index (χ0v) is 15.1. The smallest absolute Gasteiger partial charge is 0.387 e. The predicted octanol–water partition coefficient (Wildman–Crippen LogP) is 2.78. The van der Waals surface area contributed by atoms with Gasteiger partial charge in [0.05, 0.1) is 5.02 Å². The number of benzene rings is 2. The number of para-hydroxylation sites is 1. The molecule has 0 aliphatic heterocycles. The van der Waals surface area contributed by atoms with E-state index >= 15 is 0 Å². The number of carbonyl (C=O) groups is 1. The van der Waals surface area contributed by atoms with Crippen molar-refractivity contribution in [2.75, 3.05) is 7.05 Å². The SMILES string of the molecule is CNS(=O)(=O)c1cc(C(=O)NCc2ccccc2OC(F)F)ccc1Cl. The number of halogens is 3. The van der Waals surface area contributed by atoms with E-state index in [0.717, 1.165) is 6.07 Å². The Hall–Kier alpha value is -2.23. The van der Waals surface area contributed by atoms with Gasteiger partial charge in [0.2, 0.25) is 10.0 Å². The lowest BCUT2D eigenvalue weighted by atomic mass is 10.1. The van der Waals surface area contributed by atoms with Gasteiger partial charge in [0.1, 0.15) is 10.6 Å². The van der Waals surface area contributed by atoms with E-state index < -0.39 is 22.5 Å². The highest BCUT2D eigenvalue weighted by atomic mass is 35.5. The van der Waals surface area contributed by atoms with Crippen molar-refractivity contribution in [1.29, 1.82) is 0 Å². The summed E-state index contributed by atoms with van der Waals surface area (Å²) in [6.07, 6.45) is 0. The van der Waals surface area contributed by atoms with Crippen LogP contribution in [-0.2, 0) is 16.6 Å². The highest BCUT2D eigenvalue weighted by molar-refractivity contribution is 7.89. The topological polar surface area (TPSA) is 84.5 Å². The van der Waals surface area contributed by atoms with Crippen molar-refractivity contribution in [3.63, 3.8) is 0 Å². The summed E-state index contributed by atoms with van der Waals surface area (Å²) in [5, 5.41) is 2.49. The molecule has 0 radical (unpaired) electrons. The standard InChI is InChI=1S/C16H15ClF2N2O4S/c1-20-26(23,24)14-8-10(6-7-12(14)17)15(22)21-9-11-4-2-3-5-13(11)25-16(18)19/h2-8,16,20H,9H2,1H3,(H,21,22). The minimum atomic E-state index is -3.84. The molecule has 1 amide bonds. The molecule has 0 aromatic heterocycles. The van der Waals surface area contributed by atoms with Crippen molar-refractivity contribution in [3.05, 3.63) is 58.6 Å². The highest BCUT2D eigenvalue weighted by Crippen LogP contribution is 2.23. The van der Waals surface area contributed by atoms with Crippen molar-refractivity contribution in [1.82, 2.24) is 10.0 Å². The first kappa shape index (κ1) is 20.1. The maximum absolute atomic E-state index is 12.4. The zero-order valence-electron chi connectivity index (χ0n) is 13.5. The fourth-order valence-electron chi connectivity index (χ4n) is 2.10. The minimum absolute atomic E-state index is 0.0356. The van der Waals surface area contributed by atoms with Crippen LogP contribution < -0.4 is 14.8 Å². The lowest BCUT2D eigenvalue weighted by Gasteiger charge is -2.12. The van der Waals surface area contributed by atoms with Gasteiger partial charge in [0, 0.05) is 17.7 Å². The molecule has 2 N–H and O–H groups in total. The molecule has 2 rings (SSSR count). The molecule has 0 heterocycles. The molecular weight excluding hydrogens is 390 g/mol. The average molecular weight is 405 g/mol. The van der Waals surface area contributed by atoms with E-state index in [1.165, 1.54) is 37.4 Å². The van der Waals surface area contributed by atoms with Crippen molar-refractivity contribution < 1.29 is 26.7 Å². The molecule has 0 spiro atoms. The molecule has 6 nitrogen and oxygen atoms in total. The Morgan fingerprint density at radius 1 is 1.23 bits per heavy atom. The summed E-state index contributed by atoms with van der Waals surface area (Å²) >= 11 is 5.87. The number of amides is 1. The lowest BCUT2D eigenvalue weighted by molar-refractivity contribution is -0.0504. The number of nitrogens with one attached hydrogen (secondary N) is 2. The zero-order chi connectivity index (χ0) is 19.3. The largest absolute Gasteiger partial charge is 0.434 e. The number of hydrogen-bond donors (Lipinski definition) is 2. The van der Waals surface area contributed by atoms with E-state index in [9.17, 15) is 22.0 Å². The van der Waals surface area contributed by atoms with Gasteiger partial charge in [-0.2, -0.15) is 8.78 Å². The maximum atomic E-state index is 12.4. The van der Waals surface area contributed by atoms with Gasteiger partial charge in [-0.05, 0) is 31.3 Å². The summed E-state index contributed by atoms with van der Waals surface area (Å²) in [5.74, 6) is -0.654. The second-order valence-electron chi connectivity index (χ2n) is 5.02. The normalized spacial score (nSPS) is 11.4. The van der Waals surface area contributed by atoms with Crippen LogP contribution in [-0.4, -0.2) is 28.0 Å². The molecule has 0 bridgehead atoms. The van der Waals surface area contributed by atoms with Crippen LogP contribution in [0.15, 0.2) is 47.4 Å². The molecule has 0 unspecified atom stereocenters. The van der Waals surface area contributed by atoms with Gasteiger partial charge >= 0.3 is 6.61 Å². The van der Waals surface area contributed by atoms with Crippen LogP contribution in [0.5, 0.6) is 5.75 Å². The number of rotatable bonds is 7.